The summed E-state index contributed by atoms with van der Waals surface area (Å²) < 4.78 is 37.1. The minimum absolute atomic E-state index is 0.0498. The Morgan fingerprint density at radius 3 is 2.37 bits per heavy atom. The minimum Gasteiger partial charge on any atom is -0.495 e. The van der Waals surface area contributed by atoms with E-state index in [4.69, 9.17) is 21.1 Å². The maximum Gasteiger partial charge on any atom is 0.267 e. The van der Waals surface area contributed by atoms with Crippen LogP contribution < -0.4 is 14.8 Å². The highest BCUT2D eigenvalue weighted by molar-refractivity contribution is 7.89. The van der Waals surface area contributed by atoms with E-state index in [0.29, 0.717) is 10.1 Å². The average molecular weight is 453 g/mol. The van der Waals surface area contributed by atoms with E-state index in [9.17, 15) is 18.0 Å². The van der Waals surface area contributed by atoms with Crippen LogP contribution in [0.3, 0.4) is 0 Å². The van der Waals surface area contributed by atoms with Crippen LogP contribution in [0.1, 0.15) is 18.4 Å². The largest absolute Gasteiger partial charge is 0.495 e. The van der Waals surface area contributed by atoms with Gasteiger partial charge in [0, 0.05) is 12.5 Å². The Balaban J connectivity index is 1.91. The van der Waals surface area contributed by atoms with Crippen molar-refractivity contribution >= 4 is 39.1 Å². The van der Waals surface area contributed by atoms with Crippen LogP contribution in [0.15, 0.2) is 41.3 Å². The molecule has 0 aliphatic carbocycles. The van der Waals surface area contributed by atoms with E-state index in [2.05, 4.69) is 5.32 Å². The molecular weight excluding hydrogens is 432 g/mol. The van der Waals surface area contributed by atoms with Crippen molar-refractivity contribution in [2.45, 2.75) is 30.7 Å². The SMILES string of the molecule is COc1cc(OC)c(NC(=O)[C@H]2CCC(=O)N2S(=O)(=O)c2ccc(C)cc2)cc1Cl. The first-order valence-corrected chi connectivity index (χ1v) is 10.9. The number of carbonyl (C=O) groups excluding carboxylic acids is 2. The molecule has 1 atom stereocenters. The van der Waals surface area contributed by atoms with Gasteiger partial charge in [-0.2, -0.15) is 0 Å². The highest BCUT2D eigenvalue weighted by Gasteiger charge is 2.44. The molecule has 2 amide bonds. The van der Waals surface area contributed by atoms with Gasteiger partial charge in [0.1, 0.15) is 17.5 Å². The maximum absolute atomic E-state index is 13.0. The third-order valence-corrected chi connectivity index (χ3v) is 6.91. The summed E-state index contributed by atoms with van der Waals surface area (Å²) in [5, 5.41) is 2.85. The van der Waals surface area contributed by atoms with Crippen molar-refractivity contribution in [2.24, 2.45) is 0 Å². The number of methoxy groups -OCH3 is 2. The van der Waals surface area contributed by atoms with Crippen molar-refractivity contribution < 1.29 is 27.5 Å². The Hall–Kier alpha value is -2.78. The molecule has 0 aromatic heterocycles. The summed E-state index contributed by atoms with van der Waals surface area (Å²) in [6.07, 6.45) is 0.0195. The van der Waals surface area contributed by atoms with Crippen LogP contribution in [-0.2, 0) is 19.6 Å². The van der Waals surface area contributed by atoms with Crippen LogP contribution in [-0.4, -0.2) is 44.8 Å². The highest BCUT2D eigenvalue weighted by Crippen LogP contribution is 2.36. The quantitative estimate of drug-likeness (QED) is 0.722. The number of ether oxygens (including phenoxy) is 2. The van der Waals surface area contributed by atoms with Crippen molar-refractivity contribution in [3.63, 3.8) is 0 Å². The molecule has 0 bridgehead atoms. The smallest absolute Gasteiger partial charge is 0.267 e. The van der Waals surface area contributed by atoms with Gasteiger partial charge in [0.25, 0.3) is 10.0 Å². The standard InChI is InChI=1S/C20H21ClN2O6S/c1-12-4-6-13(7-5-12)30(26,27)23-16(8-9-19(23)24)20(25)22-15-10-14(21)17(28-2)11-18(15)29-3/h4-7,10-11,16H,8-9H2,1-3H3,(H,22,25)/t16-/m1/s1. The zero-order valence-corrected chi connectivity index (χ0v) is 18.2. The molecule has 10 heteroatoms. The van der Waals surface area contributed by atoms with E-state index in [1.165, 1.54) is 38.5 Å². The molecule has 0 saturated carbocycles. The number of hydrogen-bond donors (Lipinski definition) is 1. The lowest BCUT2D eigenvalue weighted by atomic mass is 10.2. The molecule has 0 spiro atoms. The van der Waals surface area contributed by atoms with Gasteiger partial charge >= 0.3 is 0 Å². The third kappa shape index (κ3) is 4.08. The molecule has 0 unspecified atom stereocenters. The molecule has 2 aromatic carbocycles. The van der Waals surface area contributed by atoms with Crippen LogP contribution >= 0.6 is 11.6 Å². The van der Waals surface area contributed by atoms with Gasteiger partial charge in [-0.1, -0.05) is 29.3 Å². The van der Waals surface area contributed by atoms with Crippen LogP contribution in [0.4, 0.5) is 5.69 Å². The number of anilines is 1. The average Bonchev–Trinajstić information content (AvgIpc) is 3.11. The number of aryl methyl sites for hydroxylation is 1. The fourth-order valence-corrected chi connectivity index (χ4v) is 5.04. The number of rotatable bonds is 6. The Labute approximate surface area is 179 Å². The van der Waals surface area contributed by atoms with Gasteiger partial charge in [0.15, 0.2) is 0 Å². The molecule has 1 saturated heterocycles. The second-order valence-corrected chi connectivity index (χ2v) is 8.96. The summed E-state index contributed by atoms with van der Waals surface area (Å²) >= 11 is 6.13. The zero-order chi connectivity index (χ0) is 22.1. The Morgan fingerprint density at radius 1 is 1.13 bits per heavy atom. The molecule has 160 valence electrons. The van der Waals surface area contributed by atoms with E-state index in [-0.39, 0.29) is 34.2 Å². The van der Waals surface area contributed by atoms with E-state index >= 15 is 0 Å². The molecule has 0 radical (unpaired) electrons. The predicted octanol–water partition coefficient (Wildman–Crippen LogP) is 2.98. The zero-order valence-electron chi connectivity index (χ0n) is 16.6. The second kappa shape index (κ2) is 8.53. The molecule has 1 aliphatic heterocycles. The molecule has 3 rings (SSSR count). The van der Waals surface area contributed by atoms with Gasteiger partial charge in [0.05, 0.1) is 29.8 Å². The summed E-state index contributed by atoms with van der Waals surface area (Å²) in [5.74, 6) is -0.653. The number of nitrogens with one attached hydrogen (secondary N) is 1. The molecule has 30 heavy (non-hydrogen) atoms. The Morgan fingerprint density at radius 2 is 1.77 bits per heavy atom. The predicted molar refractivity (Wildman–Crippen MR) is 111 cm³/mol. The van der Waals surface area contributed by atoms with E-state index < -0.39 is 27.9 Å². The lowest BCUT2D eigenvalue weighted by Gasteiger charge is -2.24. The molecule has 1 fully saturated rings. The lowest BCUT2D eigenvalue weighted by molar-refractivity contribution is -0.128. The number of sulfonamides is 1. The number of hydrogen-bond acceptors (Lipinski definition) is 6. The van der Waals surface area contributed by atoms with Crippen molar-refractivity contribution in [3.8, 4) is 11.5 Å². The first kappa shape index (κ1) is 21.9. The highest BCUT2D eigenvalue weighted by atomic mass is 35.5. The molecule has 8 nitrogen and oxygen atoms in total. The molecule has 1 heterocycles. The number of amides is 2. The summed E-state index contributed by atoms with van der Waals surface area (Å²) in [6, 6.07) is 7.84. The molecule has 2 aromatic rings. The Kier molecular flexibility index (Phi) is 6.23. The minimum atomic E-state index is -4.18. The van der Waals surface area contributed by atoms with Gasteiger partial charge < -0.3 is 14.8 Å². The normalized spacial score (nSPS) is 16.5. The van der Waals surface area contributed by atoms with Crippen molar-refractivity contribution in [1.29, 1.82) is 0 Å². The second-order valence-electron chi connectivity index (χ2n) is 6.74. The van der Waals surface area contributed by atoms with Gasteiger partial charge in [-0.15, -0.1) is 0 Å². The van der Waals surface area contributed by atoms with Crippen LogP contribution in [0.25, 0.3) is 0 Å². The van der Waals surface area contributed by atoms with Crippen molar-refractivity contribution in [2.75, 3.05) is 19.5 Å². The fourth-order valence-electron chi connectivity index (χ4n) is 3.20. The van der Waals surface area contributed by atoms with Crippen LogP contribution in [0, 0.1) is 6.92 Å². The Bertz CT molecular complexity index is 1090. The monoisotopic (exact) mass is 452 g/mol. The molecular formula is C20H21ClN2O6S. The lowest BCUT2D eigenvalue weighted by Crippen LogP contribution is -2.45. The topological polar surface area (TPSA) is 102 Å². The van der Waals surface area contributed by atoms with Crippen LogP contribution in [0.2, 0.25) is 5.02 Å². The first-order chi connectivity index (χ1) is 14.2. The van der Waals surface area contributed by atoms with Crippen LogP contribution in [0.5, 0.6) is 11.5 Å². The van der Waals surface area contributed by atoms with Gasteiger partial charge in [-0.3, -0.25) is 9.59 Å². The molecule has 1 aliphatic rings. The summed E-state index contributed by atoms with van der Waals surface area (Å²) in [7, 11) is -1.33. The van der Waals surface area contributed by atoms with Gasteiger partial charge in [0.2, 0.25) is 11.8 Å². The number of nitrogens with zero attached hydrogens (tertiary/aromatic N) is 1. The maximum atomic E-state index is 13.0. The summed E-state index contributed by atoms with van der Waals surface area (Å²) in [5.41, 5.74) is 1.11. The van der Waals surface area contributed by atoms with Gasteiger partial charge in [-0.05, 0) is 31.5 Å². The van der Waals surface area contributed by atoms with E-state index in [1.54, 1.807) is 12.1 Å². The fraction of sp³-hybridized carbons (Fsp3) is 0.300. The van der Waals surface area contributed by atoms with E-state index in [1.807, 2.05) is 6.92 Å². The third-order valence-electron chi connectivity index (χ3n) is 4.77. The number of halogens is 1. The summed E-state index contributed by atoms with van der Waals surface area (Å²) in [4.78, 5) is 25.3. The number of benzene rings is 2. The van der Waals surface area contributed by atoms with Crippen molar-refractivity contribution in [3.05, 3.63) is 47.0 Å². The first-order valence-electron chi connectivity index (χ1n) is 9.05. The molecule has 1 N–H and O–H groups in total. The number of carbonyl (C=O) groups is 2. The van der Waals surface area contributed by atoms with E-state index in [0.717, 1.165) is 5.56 Å². The summed E-state index contributed by atoms with van der Waals surface area (Å²) in [6.45, 7) is 1.82. The van der Waals surface area contributed by atoms with Crippen molar-refractivity contribution in [1.82, 2.24) is 4.31 Å². The van der Waals surface area contributed by atoms with Gasteiger partial charge in [-0.25, -0.2) is 12.7 Å².